The molecule has 0 saturated heterocycles. The third-order valence-electron chi connectivity index (χ3n) is 1.60. The Hall–Kier alpha value is -1.66. The highest BCUT2D eigenvalue weighted by molar-refractivity contribution is 7.80. The van der Waals surface area contributed by atoms with E-state index in [1.54, 1.807) is 0 Å². The summed E-state index contributed by atoms with van der Waals surface area (Å²) in [5, 5.41) is 0. The molecule has 1 aromatic rings. The van der Waals surface area contributed by atoms with Crippen LogP contribution in [0.15, 0.2) is 24.3 Å². The molecule has 0 atom stereocenters. The van der Waals surface area contributed by atoms with E-state index in [9.17, 15) is 4.79 Å². The minimum atomic E-state index is 0.228. The van der Waals surface area contributed by atoms with Gasteiger partial charge < -0.3 is 10.5 Å². The predicted octanol–water partition coefficient (Wildman–Crippen LogP) is 1.26. The van der Waals surface area contributed by atoms with Crippen LogP contribution in [0.4, 0.5) is 0 Å². The van der Waals surface area contributed by atoms with Gasteiger partial charge in [0.2, 0.25) is 0 Å². The van der Waals surface area contributed by atoms with Gasteiger partial charge in [0.15, 0.2) is 0 Å². The van der Waals surface area contributed by atoms with Crippen molar-refractivity contribution in [2.75, 3.05) is 0 Å². The van der Waals surface area contributed by atoms with Crippen molar-refractivity contribution in [1.29, 1.82) is 0 Å². The fourth-order valence-electron chi connectivity index (χ4n) is 0.995. The number of rotatable bonds is 2. The lowest BCUT2D eigenvalue weighted by Crippen LogP contribution is -2.10. The van der Waals surface area contributed by atoms with Crippen molar-refractivity contribution in [3.63, 3.8) is 0 Å². The highest BCUT2D eigenvalue weighted by Gasteiger charge is 2.00. The molecule has 0 aliphatic rings. The van der Waals surface area contributed by atoms with Gasteiger partial charge in [0.05, 0.1) is 6.42 Å². The molecule has 1 aromatic carbocycles. The highest BCUT2D eigenvalue weighted by atomic mass is 32.1. The Morgan fingerprint density at radius 2 is 2.21 bits per heavy atom. The van der Waals surface area contributed by atoms with Crippen molar-refractivity contribution in [3.8, 4) is 11.8 Å². The van der Waals surface area contributed by atoms with Crippen molar-refractivity contribution >= 4 is 23.5 Å². The van der Waals surface area contributed by atoms with Gasteiger partial charge in [-0.15, -0.1) is 0 Å². The van der Waals surface area contributed by atoms with Gasteiger partial charge in [-0.25, -0.2) is 0 Å². The van der Waals surface area contributed by atoms with Crippen LogP contribution >= 0.6 is 12.2 Å². The van der Waals surface area contributed by atoms with Gasteiger partial charge >= 0.3 is 0 Å². The maximum Gasteiger partial charge on any atom is 0.131 e. The average molecular weight is 203 g/mol. The molecule has 0 fully saturated rings. The molecule has 2 N–H and O–H groups in total. The summed E-state index contributed by atoms with van der Waals surface area (Å²) in [6.07, 6.45) is 0.988. The number of aldehydes is 1. The molecule has 0 bridgehead atoms. The summed E-state index contributed by atoms with van der Waals surface area (Å²) < 4.78 is 0. The predicted molar refractivity (Wildman–Crippen MR) is 59.9 cm³/mol. The minimum absolute atomic E-state index is 0.228. The summed E-state index contributed by atoms with van der Waals surface area (Å²) >= 11 is 4.87. The molecule has 2 nitrogen and oxygen atoms in total. The molecule has 1 rings (SSSR count). The van der Waals surface area contributed by atoms with E-state index in [-0.39, 0.29) is 6.42 Å². The molecular weight excluding hydrogens is 194 g/mol. The van der Waals surface area contributed by atoms with E-state index in [1.807, 2.05) is 24.3 Å². The molecule has 0 saturated carbocycles. The standard InChI is InChI=1S/C11H9NOS/c12-11(14)10-7-2-1-5-9(10)6-3-4-8-13/h1-2,5,7-8H,4H2,(H2,12,14). The van der Waals surface area contributed by atoms with Gasteiger partial charge in [0.1, 0.15) is 11.3 Å². The summed E-state index contributed by atoms with van der Waals surface area (Å²) in [7, 11) is 0. The molecule has 0 amide bonds. The summed E-state index contributed by atoms with van der Waals surface area (Å²) in [6, 6.07) is 7.34. The Kier molecular flexibility index (Phi) is 3.84. The van der Waals surface area contributed by atoms with Gasteiger partial charge in [-0.3, -0.25) is 0 Å². The third-order valence-corrected chi connectivity index (χ3v) is 1.82. The first-order valence-corrected chi connectivity index (χ1v) is 4.48. The van der Waals surface area contributed by atoms with Crippen LogP contribution < -0.4 is 5.73 Å². The second-order valence-corrected chi connectivity index (χ2v) is 3.02. The van der Waals surface area contributed by atoms with Crippen molar-refractivity contribution in [2.45, 2.75) is 6.42 Å². The van der Waals surface area contributed by atoms with Gasteiger partial charge in [0, 0.05) is 11.1 Å². The second-order valence-electron chi connectivity index (χ2n) is 2.58. The first-order valence-electron chi connectivity index (χ1n) is 4.07. The average Bonchev–Trinajstić information content (AvgIpc) is 2.19. The summed E-state index contributed by atoms with van der Waals surface area (Å²) in [5.74, 6) is 5.56. The Morgan fingerprint density at radius 3 is 2.86 bits per heavy atom. The van der Waals surface area contributed by atoms with Crippen molar-refractivity contribution in [2.24, 2.45) is 5.73 Å². The molecular formula is C11H9NOS. The van der Waals surface area contributed by atoms with Gasteiger partial charge in [-0.1, -0.05) is 42.3 Å². The van der Waals surface area contributed by atoms with E-state index in [2.05, 4.69) is 11.8 Å². The molecule has 0 spiro atoms. The van der Waals surface area contributed by atoms with Crippen molar-refractivity contribution < 1.29 is 4.79 Å². The molecule has 0 heterocycles. The van der Waals surface area contributed by atoms with Crippen LogP contribution in [0.1, 0.15) is 17.5 Å². The molecule has 14 heavy (non-hydrogen) atoms. The quantitative estimate of drug-likeness (QED) is 0.447. The van der Waals surface area contributed by atoms with Crippen molar-refractivity contribution in [1.82, 2.24) is 0 Å². The van der Waals surface area contributed by atoms with Gasteiger partial charge in [0.25, 0.3) is 0 Å². The number of hydrogen-bond donors (Lipinski definition) is 1. The van der Waals surface area contributed by atoms with Crippen molar-refractivity contribution in [3.05, 3.63) is 35.4 Å². The van der Waals surface area contributed by atoms with E-state index in [1.165, 1.54) is 0 Å². The topological polar surface area (TPSA) is 43.1 Å². The van der Waals surface area contributed by atoms with E-state index < -0.39 is 0 Å². The van der Waals surface area contributed by atoms with Gasteiger partial charge in [-0.2, -0.15) is 0 Å². The second kappa shape index (κ2) is 5.15. The first-order chi connectivity index (χ1) is 6.75. The van der Waals surface area contributed by atoms with E-state index in [0.717, 1.165) is 17.4 Å². The zero-order valence-corrected chi connectivity index (χ0v) is 8.30. The minimum Gasteiger partial charge on any atom is -0.389 e. The summed E-state index contributed by atoms with van der Waals surface area (Å²) in [4.78, 5) is 10.4. The number of nitrogens with two attached hydrogens (primary N) is 1. The fourth-order valence-corrected chi connectivity index (χ4v) is 1.17. The van der Waals surface area contributed by atoms with E-state index in [4.69, 9.17) is 18.0 Å². The number of thiocarbonyl (C=S) groups is 1. The maximum atomic E-state index is 10.1. The van der Waals surface area contributed by atoms with Crippen LogP contribution in [0.3, 0.4) is 0 Å². The lowest BCUT2D eigenvalue weighted by Gasteiger charge is -2.00. The summed E-state index contributed by atoms with van der Waals surface area (Å²) in [5.41, 5.74) is 7.03. The molecule has 0 aliphatic carbocycles. The number of carbonyl (C=O) groups excluding carboxylic acids is 1. The maximum absolute atomic E-state index is 10.1. The first kappa shape index (κ1) is 10.4. The zero-order chi connectivity index (χ0) is 10.4. The Balaban J connectivity index is 3.03. The van der Waals surface area contributed by atoms with E-state index >= 15 is 0 Å². The number of benzene rings is 1. The van der Waals surface area contributed by atoms with E-state index in [0.29, 0.717) is 4.99 Å². The Bertz CT molecular complexity index is 415. The van der Waals surface area contributed by atoms with Crippen LogP contribution in [0.2, 0.25) is 0 Å². The lowest BCUT2D eigenvalue weighted by molar-refractivity contribution is -0.107. The van der Waals surface area contributed by atoms with Crippen LogP contribution in [-0.4, -0.2) is 11.3 Å². The Labute approximate surface area is 88.1 Å². The number of hydrogen-bond acceptors (Lipinski definition) is 2. The molecule has 70 valence electrons. The van der Waals surface area contributed by atoms with Crippen LogP contribution in [-0.2, 0) is 4.79 Å². The van der Waals surface area contributed by atoms with Crippen LogP contribution in [0.5, 0.6) is 0 Å². The zero-order valence-electron chi connectivity index (χ0n) is 7.49. The lowest BCUT2D eigenvalue weighted by atomic mass is 10.1. The normalized spacial score (nSPS) is 8.57. The molecule has 0 unspecified atom stereocenters. The third kappa shape index (κ3) is 2.68. The number of carbonyl (C=O) groups is 1. The smallest absolute Gasteiger partial charge is 0.131 e. The monoisotopic (exact) mass is 203 g/mol. The van der Waals surface area contributed by atoms with Crippen LogP contribution in [0.25, 0.3) is 0 Å². The fraction of sp³-hybridized carbons (Fsp3) is 0.0909. The molecule has 0 aromatic heterocycles. The highest BCUT2D eigenvalue weighted by Crippen LogP contribution is 2.06. The van der Waals surface area contributed by atoms with Gasteiger partial charge in [-0.05, 0) is 6.07 Å². The van der Waals surface area contributed by atoms with Crippen LogP contribution in [0, 0.1) is 11.8 Å². The molecule has 0 radical (unpaired) electrons. The molecule has 3 heteroatoms. The Morgan fingerprint density at radius 1 is 1.50 bits per heavy atom. The SMILES string of the molecule is NC(=S)c1ccccc1C#CCC=O. The molecule has 0 aliphatic heterocycles. The largest absolute Gasteiger partial charge is 0.389 e. The summed E-state index contributed by atoms with van der Waals surface area (Å²) in [6.45, 7) is 0.